The average molecular weight is 278 g/mol. The predicted molar refractivity (Wildman–Crippen MR) is 77.9 cm³/mol. The molecule has 1 fully saturated rings. The largest absolute Gasteiger partial charge is 0.366 e. The minimum atomic E-state index is -0.594. The van der Waals surface area contributed by atoms with E-state index >= 15 is 0 Å². The highest BCUT2D eigenvalue weighted by Crippen LogP contribution is 2.18. The Morgan fingerprint density at radius 1 is 1.20 bits per heavy atom. The van der Waals surface area contributed by atoms with Gasteiger partial charge in [-0.15, -0.1) is 0 Å². The highest BCUT2D eigenvalue weighted by Gasteiger charge is 2.12. The van der Waals surface area contributed by atoms with E-state index in [1.807, 2.05) is 0 Å². The summed E-state index contributed by atoms with van der Waals surface area (Å²) in [6.45, 7) is 0.509. The van der Waals surface area contributed by atoms with Crippen molar-refractivity contribution in [2.24, 2.45) is 5.73 Å². The molecule has 110 valence electrons. The summed E-state index contributed by atoms with van der Waals surface area (Å²) in [6, 6.07) is 4.93. The minimum absolute atomic E-state index is 0.220. The molecule has 0 atom stereocenters. The molecule has 0 aromatic heterocycles. The SMILES string of the molecule is NC(=O)c1ccc(CNC2CCCCCCC2)c(F)c1. The van der Waals surface area contributed by atoms with E-state index in [0.717, 1.165) is 0 Å². The van der Waals surface area contributed by atoms with Gasteiger partial charge in [0.2, 0.25) is 5.91 Å². The first-order chi connectivity index (χ1) is 9.66. The summed E-state index contributed by atoms with van der Waals surface area (Å²) in [5.41, 5.74) is 5.95. The van der Waals surface area contributed by atoms with Crippen molar-refractivity contribution in [3.05, 3.63) is 35.1 Å². The normalized spacial score (nSPS) is 17.4. The van der Waals surface area contributed by atoms with Gasteiger partial charge in [0.25, 0.3) is 0 Å². The highest BCUT2D eigenvalue weighted by molar-refractivity contribution is 5.92. The second-order valence-corrected chi connectivity index (χ2v) is 5.59. The topological polar surface area (TPSA) is 55.1 Å². The molecule has 0 radical (unpaired) electrons. The van der Waals surface area contributed by atoms with Gasteiger partial charge in [-0.2, -0.15) is 0 Å². The van der Waals surface area contributed by atoms with Crippen LogP contribution in [-0.2, 0) is 6.54 Å². The maximum Gasteiger partial charge on any atom is 0.248 e. The Morgan fingerprint density at radius 2 is 1.85 bits per heavy atom. The summed E-state index contributed by atoms with van der Waals surface area (Å²) in [5.74, 6) is -0.955. The number of rotatable bonds is 4. The lowest BCUT2D eigenvalue weighted by molar-refractivity contribution is 0.1000. The summed E-state index contributed by atoms with van der Waals surface area (Å²) in [5, 5.41) is 3.44. The monoisotopic (exact) mass is 278 g/mol. The number of halogens is 1. The molecule has 0 spiro atoms. The van der Waals surface area contributed by atoms with Crippen molar-refractivity contribution in [3.8, 4) is 0 Å². The lowest BCUT2D eigenvalue weighted by atomic mass is 9.96. The van der Waals surface area contributed by atoms with Crippen molar-refractivity contribution in [1.82, 2.24) is 5.32 Å². The van der Waals surface area contributed by atoms with Gasteiger partial charge in [0.1, 0.15) is 5.82 Å². The molecule has 2 rings (SSSR count). The molecule has 0 unspecified atom stereocenters. The summed E-state index contributed by atoms with van der Waals surface area (Å²) in [4.78, 5) is 11.0. The van der Waals surface area contributed by atoms with E-state index in [4.69, 9.17) is 5.73 Å². The fraction of sp³-hybridized carbons (Fsp3) is 0.562. The third kappa shape index (κ3) is 4.30. The van der Waals surface area contributed by atoms with E-state index in [0.29, 0.717) is 18.2 Å². The number of carbonyl (C=O) groups excluding carboxylic acids is 1. The molecule has 1 aliphatic rings. The number of benzene rings is 1. The van der Waals surface area contributed by atoms with E-state index in [-0.39, 0.29) is 11.4 Å². The van der Waals surface area contributed by atoms with Crippen LogP contribution < -0.4 is 11.1 Å². The first-order valence-corrected chi connectivity index (χ1v) is 7.48. The second-order valence-electron chi connectivity index (χ2n) is 5.59. The molecule has 4 heteroatoms. The van der Waals surface area contributed by atoms with Crippen LogP contribution in [0.5, 0.6) is 0 Å². The van der Waals surface area contributed by atoms with Crippen LogP contribution in [0.15, 0.2) is 18.2 Å². The van der Waals surface area contributed by atoms with Crippen molar-refractivity contribution in [2.75, 3.05) is 0 Å². The molecule has 0 aliphatic heterocycles. The molecular formula is C16H23FN2O. The van der Waals surface area contributed by atoms with Crippen LogP contribution in [0, 0.1) is 5.82 Å². The van der Waals surface area contributed by atoms with E-state index in [9.17, 15) is 9.18 Å². The number of primary amides is 1. The van der Waals surface area contributed by atoms with Crippen LogP contribution in [0.3, 0.4) is 0 Å². The summed E-state index contributed by atoms with van der Waals surface area (Å²) in [7, 11) is 0. The first kappa shape index (κ1) is 15.0. The Morgan fingerprint density at radius 3 is 2.45 bits per heavy atom. The molecule has 20 heavy (non-hydrogen) atoms. The van der Waals surface area contributed by atoms with E-state index in [1.54, 1.807) is 12.1 Å². The Hall–Kier alpha value is -1.42. The first-order valence-electron chi connectivity index (χ1n) is 7.48. The van der Waals surface area contributed by atoms with E-state index < -0.39 is 5.91 Å². The molecule has 1 aliphatic carbocycles. The van der Waals surface area contributed by atoms with Crippen LogP contribution in [0.2, 0.25) is 0 Å². The standard InChI is InChI=1S/C16H23FN2O/c17-15-10-12(16(18)20)8-9-13(15)11-19-14-6-4-2-1-3-5-7-14/h8-10,14,19H,1-7,11H2,(H2,18,20). The van der Waals surface area contributed by atoms with Crippen molar-refractivity contribution in [1.29, 1.82) is 0 Å². The quantitative estimate of drug-likeness (QED) is 0.889. The van der Waals surface area contributed by atoms with Gasteiger partial charge < -0.3 is 11.1 Å². The fourth-order valence-electron chi connectivity index (χ4n) is 2.76. The number of nitrogens with two attached hydrogens (primary N) is 1. The molecule has 0 saturated heterocycles. The maximum absolute atomic E-state index is 13.9. The molecule has 1 aromatic rings. The van der Waals surface area contributed by atoms with Crippen molar-refractivity contribution < 1.29 is 9.18 Å². The molecular weight excluding hydrogens is 255 g/mol. The third-order valence-corrected chi connectivity index (χ3v) is 4.02. The zero-order chi connectivity index (χ0) is 14.4. The van der Waals surface area contributed by atoms with Crippen LogP contribution in [-0.4, -0.2) is 11.9 Å². The molecule has 0 heterocycles. The lowest BCUT2D eigenvalue weighted by Crippen LogP contribution is -2.29. The van der Waals surface area contributed by atoms with Gasteiger partial charge in [0.15, 0.2) is 0 Å². The van der Waals surface area contributed by atoms with Crippen molar-refractivity contribution in [3.63, 3.8) is 0 Å². The van der Waals surface area contributed by atoms with Crippen LogP contribution in [0.25, 0.3) is 0 Å². The number of amides is 1. The van der Waals surface area contributed by atoms with Gasteiger partial charge in [-0.25, -0.2) is 4.39 Å². The van der Waals surface area contributed by atoms with Crippen LogP contribution in [0.4, 0.5) is 4.39 Å². The Balaban J connectivity index is 1.91. The van der Waals surface area contributed by atoms with Crippen LogP contribution >= 0.6 is 0 Å². The van der Waals surface area contributed by atoms with Crippen molar-refractivity contribution >= 4 is 5.91 Å². The third-order valence-electron chi connectivity index (χ3n) is 4.02. The van der Waals surface area contributed by atoms with E-state index in [1.165, 1.54) is 51.0 Å². The zero-order valence-corrected chi connectivity index (χ0v) is 11.8. The number of carbonyl (C=O) groups is 1. The average Bonchev–Trinajstić information content (AvgIpc) is 2.38. The Labute approximate surface area is 119 Å². The van der Waals surface area contributed by atoms with Crippen LogP contribution in [0.1, 0.15) is 60.9 Å². The Bertz CT molecular complexity index is 454. The number of hydrogen-bond donors (Lipinski definition) is 2. The number of nitrogens with one attached hydrogen (secondary N) is 1. The molecule has 1 saturated carbocycles. The minimum Gasteiger partial charge on any atom is -0.366 e. The summed E-state index contributed by atoms with van der Waals surface area (Å²) >= 11 is 0. The van der Waals surface area contributed by atoms with Gasteiger partial charge in [-0.1, -0.05) is 38.2 Å². The number of hydrogen-bond acceptors (Lipinski definition) is 2. The van der Waals surface area contributed by atoms with Gasteiger partial charge in [0, 0.05) is 23.7 Å². The maximum atomic E-state index is 13.9. The lowest BCUT2D eigenvalue weighted by Gasteiger charge is -2.21. The molecule has 3 nitrogen and oxygen atoms in total. The molecule has 1 aromatic carbocycles. The predicted octanol–water partition coefficient (Wildman–Crippen LogP) is 3.13. The van der Waals surface area contributed by atoms with Gasteiger partial charge in [0.05, 0.1) is 0 Å². The fourth-order valence-corrected chi connectivity index (χ4v) is 2.76. The summed E-state index contributed by atoms with van der Waals surface area (Å²) in [6.07, 6.45) is 8.79. The van der Waals surface area contributed by atoms with Crippen molar-refractivity contribution in [2.45, 2.75) is 57.5 Å². The van der Waals surface area contributed by atoms with Gasteiger partial charge in [-0.05, 0) is 25.0 Å². The summed E-state index contributed by atoms with van der Waals surface area (Å²) < 4.78 is 13.9. The van der Waals surface area contributed by atoms with Gasteiger partial charge >= 0.3 is 0 Å². The Kier molecular flexibility index (Phi) is 5.53. The second kappa shape index (κ2) is 7.39. The highest BCUT2D eigenvalue weighted by atomic mass is 19.1. The molecule has 0 bridgehead atoms. The smallest absolute Gasteiger partial charge is 0.248 e. The zero-order valence-electron chi connectivity index (χ0n) is 11.8. The van der Waals surface area contributed by atoms with E-state index in [2.05, 4.69) is 5.32 Å². The molecule has 3 N–H and O–H groups in total. The molecule has 1 amide bonds. The van der Waals surface area contributed by atoms with Gasteiger partial charge in [-0.3, -0.25) is 4.79 Å².